The maximum atomic E-state index is 12.5. The molecule has 2 aliphatic rings. The lowest BCUT2D eigenvalue weighted by atomic mass is 10.1. The van der Waals surface area contributed by atoms with Crippen LogP contribution < -0.4 is 9.80 Å². The minimum absolute atomic E-state index is 0.105. The molecule has 4 rings (SSSR count). The van der Waals surface area contributed by atoms with Crippen molar-refractivity contribution >= 4 is 29.2 Å². The summed E-state index contributed by atoms with van der Waals surface area (Å²) in [5, 5.41) is 0. The molecule has 0 aliphatic carbocycles. The van der Waals surface area contributed by atoms with E-state index in [1.807, 2.05) is 55.5 Å². The monoisotopic (exact) mass is 378 g/mol. The Morgan fingerprint density at radius 3 is 2.64 bits per heavy atom. The van der Waals surface area contributed by atoms with Crippen LogP contribution in [0.25, 0.3) is 0 Å². The van der Waals surface area contributed by atoms with Crippen molar-refractivity contribution in [2.75, 3.05) is 29.5 Å². The molecule has 2 heterocycles. The first-order valence-corrected chi connectivity index (χ1v) is 9.45. The van der Waals surface area contributed by atoms with Gasteiger partial charge in [-0.3, -0.25) is 14.4 Å². The van der Waals surface area contributed by atoms with Crippen LogP contribution in [0.4, 0.5) is 11.4 Å². The summed E-state index contributed by atoms with van der Waals surface area (Å²) in [6.07, 6.45) is 0.909. The van der Waals surface area contributed by atoms with Crippen molar-refractivity contribution in [1.82, 2.24) is 0 Å². The predicted octanol–water partition coefficient (Wildman–Crippen LogP) is 2.48. The second kappa shape index (κ2) is 7.46. The zero-order valence-electron chi connectivity index (χ0n) is 15.8. The van der Waals surface area contributed by atoms with Gasteiger partial charge in [0.05, 0.1) is 5.92 Å². The van der Waals surface area contributed by atoms with Gasteiger partial charge in [-0.25, -0.2) is 0 Å². The minimum Gasteiger partial charge on any atom is -0.455 e. The number of para-hydroxylation sites is 1. The van der Waals surface area contributed by atoms with E-state index in [1.54, 1.807) is 9.80 Å². The van der Waals surface area contributed by atoms with Crippen molar-refractivity contribution in [2.45, 2.75) is 19.8 Å². The number of hydrogen-bond donors (Lipinski definition) is 0. The molecule has 2 aromatic carbocycles. The molecule has 0 unspecified atom stereocenters. The van der Waals surface area contributed by atoms with Crippen LogP contribution in [0.5, 0.6) is 0 Å². The number of hydrogen-bond acceptors (Lipinski definition) is 4. The Kier molecular flexibility index (Phi) is 4.86. The molecule has 144 valence electrons. The highest BCUT2D eigenvalue weighted by Gasteiger charge is 2.36. The van der Waals surface area contributed by atoms with Crippen molar-refractivity contribution in [3.05, 3.63) is 59.7 Å². The highest BCUT2D eigenvalue weighted by molar-refractivity contribution is 6.00. The van der Waals surface area contributed by atoms with E-state index < -0.39 is 11.9 Å². The highest BCUT2D eigenvalue weighted by Crippen LogP contribution is 2.28. The maximum Gasteiger partial charge on any atom is 0.311 e. The zero-order chi connectivity index (χ0) is 19.7. The van der Waals surface area contributed by atoms with Gasteiger partial charge in [0.25, 0.3) is 5.91 Å². The Labute approximate surface area is 163 Å². The van der Waals surface area contributed by atoms with Gasteiger partial charge in [0.1, 0.15) is 0 Å². The lowest BCUT2D eigenvalue weighted by molar-refractivity contribution is -0.151. The molecule has 28 heavy (non-hydrogen) atoms. The first-order valence-electron chi connectivity index (χ1n) is 9.45. The molecule has 0 radical (unpaired) electrons. The second-order valence-corrected chi connectivity index (χ2v) is 7.27. The third-order valence-electron chi connectivity index (χ3n) is 5.33. The number of fused-ring (bicyclic) bond motifs is 1. The average molecular weight is 378 g/mol. The molecule has 0 aromatic heterocycles. The molecule has 0 spiro atoms. The summed E-state index contributed by atoms with van der Waals surface area (Å²) >= 11 is 0. The van der Waals surface area contributed by atoms with Gasteiger partial charge in [0.2, 0.25) is 5.91 Å². The SMILES string of the molecule is Cc1ccc(N2C[C@H](C(=O)OCC(=O)N3CCc4ccccc43)CC2=O)cc1. The normalized spacial score (nSPS) is 18.3. The first kappa shape index (κ1) is 18.2. The molecule has 2 aromatic rings. The van der Waals surface area contributed by atoms with E-state index in [2.05, 4.69) is 0 Å². The number of anilines is 2. The molecule has 0 N–H and O–H groups in total. The number of ether oxygens (including phenoxy) is 1. The molecule has 6 heteroatoms. The molecule has 1 atom stereocenters. The summed E-state index contributed by atoms with van der Waals surface area (Å²) < 4.78 is 5.26. The van der Waals surface area contributed by atoms with E-state index in [4.69, 9.17) is 4.74 Å². The Balaban J connectivity index is 1.34. The van der Waals surface area contributed by atoms with Crippen LogP contribution in [-0.2, 0) is 25.5 Å². The van der Waals surface area contributed by atoms with Gasteiger partial charge in [0.15, 0.2) is 6.61 Å². The van der Waals surface area contributed by atoms with Crippen molar-refractivity contribution in [3.8, 4) is 0 Å². The summed E-state index contributed by atoms with van der Waals surface area (Å²) in [7, 11) is 0. The number of aryl methyl sites for hydroxylation is 1. The van der Waals surface area contributed by atoms with E-state index in [1.165, 1.54) is 0 Å². The third kappa shape index (κ3) is 3.50. The van der Waals surface area contributed by atoms with Gasteiger partial charge in [-0.1, -0.05) is 35.9 Å². The van der Waals surface area contributed by atoms with Crippen LogP contribution in [0, 0.1) is 12.8 Å². The molecule has 1 fully saturated rings. The van der Waals surface area contributed by atoms with Crippen LogP contribution in [0.3, 0.4) is 0 Å². The Hall–Kier alpha value is -3.15. The first-order chi connectivity index (χ1) is 13.5. The lowest BCUT2D eigenvalue weighted by Gasteiger charge is -2.18. The highest BCUT2D eigenvalue weighted by atomic mass is 16.5. The molecular weight excluding hydrogens is 356 g/mol. The topological polar surface area (TPSA) is 66.9 Å². The minimum atomic E-state index is -0.549. The number of benzene rings is 2. The molecule has 1 saturated heterocycles. The zero-order valence-corrected chi connectivity index (χ0v) is 15.8. The molecular formula is C22H22N2O4. The van der Waals surface area contributed by atoms with Crippen LogP contribution in [0.1, 0.15) is 17.5 Å². The smallest absolute Gasteiger partial charge is 0.311 e. The quantitative estimate of drug-likeness (QED) is 0.767. The summed E-state index contributed by atoms with van der Waals surface area (Å²) in [6, 6.07) is 15.3. The van der Waals surface area contributed by atoms with Crippen LogP contribution in [-0.4, -0.2) is 37.5 Å². The second-order valence-electron chi connectivity index (χ2n) is 7.27. The van der Waals surface area contributed by atoms with E-state index in [0.29, 0.717) is 6.54 Å². The van der Waals surface area contributed by atoms with Crippen LogP contribution >= 0.6 is 0 Å². The number of amides is 2. The van der Waals surface area contributed by atoms with Gasteiger partial charge in [-0.2, -0.15) is 0 Å². The van der Waals surface area contributed by atoms with Gasteiger partial charge < -0.3 is 14.5 Å². The fourth-order valence-corrected chi connectivity index (χ4v) is 3.77. The lowest BCUT2D eigenvalue weighted by Crippen LogP contribution is -2.34. The van der Waals surface area contributed by atoms with E-state index in [9.17, 15) is 14.4 Å². The molecule has 2 aliphatic heterocycles. The Bertz CT molecular complexity index is 922. The standard InChI is InChI=1S/C22H22N2O4/c1-15-6-8-18(9-7-15)24-13-17(12-20(24)25)22(27)28-14-21(26)23-11-10-16-4-2-3-5-19(16)23/h2-9,17H,10-14H2,1H3/t17-/m1/s1. The Morgan fingerprint density at radius 2 is 1.86 bits per heavy atom. The molecule has 0 saturated carbocycles. The van der Waals surface area contributed by atoms with Gasteiger partial charge >= 0.3 is 5.97 Å². The largest absolute Gasteiger partial charge is 0.455 e. The number of carbonyl (C=O) groups excluding carboxylic acids is 3. The number of carbonyl (C=O) groups is 3. The number of esters is 1. The number of nitrogens with zero attached hydrogens (tertiary/aromatic N) is 2. The van der Waals surface area contributed by atoms with Crippen molar-refractivity contribution in [2.24, 2.45) is 5.92 Å². The maximum absolute atomic E-state index is 12.5. The van der Waals surface area contributed by atoms with E-state index in [-0.39, 0.29) is 31.4 Å². The summed E-state index contributed by atoms with van der Waals surface area (Å²) in [5.74, 6) is -1.39. The van der Waals surface area contributed by atoms with Crippen LogP contribution in [0.15, 0.2) is 48.5 Å². The summed E-state index contributed by atoms with van der Waals surface area (Å²) in [6.45, 7) is 2.55. The van der Waals surface area contributed by atoms with E-state index in [0.717, 1.165) is 28.9 Å². The van der Waals surface area contributed by atoms with Crippen LogP contribution in [0.2, 0.25) is 0 Å². The Morgan fingerprint density at radius 1 is 1.11 bits per heavy atom. The van der Waals surface area contributed by atoms with Crippen molar-refractivity contribution in [3.63, 3.8) is 0 Å². The van der Waals surface area contributed by atoms with Crippen molar-refractivity contribution in [1.29, 1.82) is 0 Å². The fraction of sp³-hybridized carbons (Fsp3) is 0.318. The summed E-state index contributed by atoms with van der Waals surface area (Å²) in [5.41, 5.74) is 3.88. The predicted molar refractivity (Wildman–Crippen MR) is 105 cm³/mol. The third-order valence-corrected chi connectivity index (χ3v) is 5.33. The summed E-state index contributed by atoms with van der Waals surface area (Å²) in [4.78, 5) is 40.5. The fourth-order valence-electron chi connectivity index (χ4n) is 3.77. The molecule has 0 bridgehead atoms. The van der Waals surface area contributed by atoms with E-state index >= 15 is 0 Å². The molecule has 6 nitrogen and oxygen atoms in total. The van der Waals surface area contributed by atoms with Gasteiger partial charge in [-0.15, -0.1) is 0 Å². The molecule has 2 amide bonds. The average Bonchev–Trinajstić information content (AvgIpc) is 3.30. The van der Waals surface area contributed by atoms with Gasteiger partial charge in [0, 0.05) is 30.9 Å². The van der Waals surface area contributed by atoms with Gasteiger partial charge in [-0.05, 0) is 37.1 Å². The van der Waals surface area contributed by atoms with Crippen molar-refractivity contribution < 1.29 is 19.1 Å². The number of rotatable bonds is 4.